The van der Waals surface area contributed by atoms with Gasteiger partial charge in [0.15, 0.2) is 0 Å². The monoisotopic (exact) mass is 235 g/mol. The van der Waals surface area contributed by atoms with E-state index in [-0.39, 0.29) is 6.10 Å². The van der Waals surface area contributed by atoms with Crippen LogP contribution in [0.4, 0.5) is 5.69 Å². The Morgan fingerprint density at radius 2 is 2.12 bits per heavy atom. The molecule has 0 aromatic heterocycles. The van der Waals surface area contributed by atoms with Crippen LogP contribution in [-0.4, -0.2) is 30.9 Å². The molecule has 1 saturated heterocycles. The summed E-state index contributed by atoms with van der Waals surface area (Å²) in [5.74, 6) is 0. The number of ether oxygens (including phenoxy) is 1. The molecule has 94 valence electrons. The lowest BCUT2D eigenvalue weighted by atomic mass is 10.0. The molecular formula is C14H21NO2. The van der Waals surface area contributed by atoms with E-state index in [0.717, 1.165) is 24.3 Å². The van der Waals surface area contributed by atoms with Crippen LogP contribution in [0.3, 0.4) is 0 Å². The summed E-state index contributed by atoms with van der Waals surface area (Å²) < 4.78 is 5.60. The number of nitrogens with zero attached hydrogens (tertiary/aromatic N) is 1. The van der Waals surface area contributed by atoms with Gasteiger partial charge >= 0.3 is 0 Å². The van der Waals surface area contributed by atoms with E-state index in [2.05, 4.69) is 24.9 Å². The number of benzene rings is 1. The van der Waals surface area contributed by atoms with Gasteiger partial charge in [0, 0.05) is 24.9 Å². The molecule has 1 aliphatic heterocycles. The summed E-state index contributed by atoms with van der Waals surface area (Å²) in [5.41, 5.74) is 2.08. The van der Waals surface area contributed by atoms with E-state index < -0.39 is 6.10 Å². The first-order valence-electron chi connectivity index (χ1n) is 6.22. The Labute approximate surface area is 103 Å². The van der Waals surface area contributed by atoms with Crippen LogP contribution < -0.4 is 4.90 Å². The normalized spacial score (nSPS) is 25.9. The summed E-state index contributed by atoms with van der Waals surface area (Å²) in [6.07, 6.45) is 0.861. The van der Waals surface area contributed by atoms with Gasteiger partial charge in [-0.1, -0.05) is 18.2 Å². The van der Waals surface area contributed by atoms with Crippen LogP contribution in [0, 0.1) is 0 Å². The maximum Gasteiger partial charge on any atom is 0.0781 e. The third kappa shape index (κ3) is 2.45. The molecule has 0 saturated carbocycles. The summed E-state index contributed by atoms with van der Waals surface area (Å²) in [5, 5.41) is 9.80. The molecule has 0 bridgehead atoms. The topological polar surface area (TPSA) is 32.7 Å². The number of anilines is 1. The van der Waals surface area contributed by atoms with Crippen LogP contribution in [-0.2, 0) is 4.74 Å². The fourth-order valence-corrected chi connectivity index (χ4v) is 2.57. The minimum absolute atomic E-state index is 0.252. The van der Waals surface area contributed by atoms with Crippen molar-refractivity contribution >= 4 is 5.69 Å². The van der Waals surface area contributed by atoms with Crippen LogP contribution in [0.25, 0.3) is 0 Å². The molecule has 0 amide bonds. The molecule has 3 heteroatoms. The van der Waals surface area contributed by atoms with Crippen LogP contribution in [0.5, 0.6) is 0 Å². The average Bonchev–Trinajstić information content (AvgIpc) is 2.74. The number of para-hydroxylation sites is 1. The molecule has 1 aromatic rings. The Morgan fingerprint density at radius 3 is 2.71 bits per heavy atom. The third-order valence-corrected chi connectivity index (χ3v) is 3.60. The number of aliphatic hydroxyl groups excluding tert-OH is 1. The van der Waals surface area contributed by atoms with Crippen molar-refractivity contribution < 1.29 is 9.84 Å². The molecule has 3 nitrogen and oxygen atoms in total. The number of likely N-dealkylation sites (N-methyl/N-ethyl adjacent to an activating group) is 1. The largest absolute Gasteiger partial charge is 0.389 e. The Morgan fingerprint density at radius 1 is 1.41 bits per heavy atom. The highest BCUT2D eigenvalue weighted by Gasteiger charge is 2.29. The summed E-state index contributed by atoms with van der Waals surface area (Å²) in [6, 6.07) is 8.42. The number of rotatable bonds is 3. The second-order valence-corrected chi connectivity index (χ2v) is 4.78. The van der Waals surface area contributed by atoms with E-state index in [1.54, 1.807) is 6.92 Å². The van der Waals surface area contributed by atoms with Crippen molar-refractivity contribution in [3.63, 3.8) is 0 Å². The van der Waals surface area contributed by atoms with Gasteiger partial charge in [-0.3, -0.25) is 0 Å². The molecule has 1 aliphatic rings. The van der Waals surface area contributed by atoms with Crippen molar-refractivity contribution in [2.24, 2.45) is 0 Å². The first-order chi connectivity index (χ1) is 8.11. The third-order valence-electron chi connectivity index (χ3n) is 3.60. The van der Waals surface area contributed by atoms with Gasteiger partial charge in [-0.15, -0.1) is 0 Å². The lowest BCUT2D eigenvalue weighted by molar-refractivity contribution is 0.118. The summed E-state index contributed by atoms with van der Waals surface area (Å²) in [6.45, 7) is 4.74. The SMILES string of the molecule is CC(O)c1ccccc1N(C)C1CCOC1C. The maximum atomic E-state index is 9.80. The van der Waals surface area contributed by atoms with Crippen molar-refractivity contribution in [1.82, 2.24) is 0 Å². The Kier molecular flexibility index (Phi) is 3.69. The average molecular weight is 235 g/mol. The number of hydrogen-bond donors (Lipinski definition) is 1. The van der Waals surface area contributed by atoms with Gasteiger partial charge in [-0.05, 0) is 26.3 Å². The van der Waals surface area contributed by atoms with E-state index in [1.165, 1.54) is 0 Å². The highest BCUT2D eigenvalue weighted by atomic mass is 16.5. The molecule has 3 atom stereocenters. The Bertz CT molecular complexity index is 378. The lowest BCUT2D eigenvalue weighted by Crippen LogP contribution is -2.37. The lowest BCUT2D eigenvalue weighted by Gasteiger charge is -2.31. The molecule has 17 heavy (non-hydrogen) atoms. The van der Waals surface area contributed by atoms with Gasteiger partial charge in [0.2, 0.25) is 0 Å². The second kappa shape index (κ2) is 5.07. The van der Waals surface area contributed by atoms with Crippen molar-refractivity contribution in [2.45, 2.75) is 38.5 Å². The van der Waals surface area contributed by atoms with Gasteiger partial charge in [-0.25, -0.2) is 0 Å². The van der Waals surface area contributed by atoms with Crippen LogP contribution in [0.1, 0.15) is 31.9 Å². The van der Waals surface area contributed by atoms with Gasteiger partial charge < -0.3 is 14.7 Å². The number of aliphatic hydroxyl groups is 1. The zero-order valence-corrected chi connectivity index (χ0v) is 10.8. The van der Waals surface area contributed by atoms with Crippen LogP contribution in [0.15, 0.2) is 24.3 Å². The molecule has 0 radical (unpaired) electrons. The van der Waals surface area contributed by atoms with E-state index in [4.69, 9.17) is 4.74 Å². The fraction of sp³-hybridized carbons (Fsp3) is 0.571. The first kappa shape index (κ1) is 12.4. The first-order valence-corrected chi connectivity index (χ1v) is 6.22. The van der Waals surface area contributed by atoms with E-state index >= 15 is 0 Å². The van der Waals surface area contributed by atoms with Gasteiger partial charge in [0.1, 0.15) is 0 Å². The summed E-state index contributed by atoms with van der Waals surface area (Å²) in [4.78, 5) is 2.24. The highest BCUT2D eigenvalue weighted by Crippen LogP contribution is 2.30. The van der Waals surface area contributed by atoms with Gasteiger partial charge in [-0.2, -0.15) is 0 Å². The van der Waals surface area contributed by atoms with Gasteiger partial charge in [0.05, 0.1) is 18.2 Å². The van der Waals surface area contributed by atoms with Crippen LogP contribution in [0.2, 0.25) is 0 Å². The minimum atomic E-state index is -0.439. The smallest absolute Gasteiger partial charge is 0.0781 e. The zero-order chi connectivity index (χ0) is 12.4. The van der Waals surface area contributed by atoms with Crippen molar-refractivity contribution in [3.8, 4) is 0 Å². The van der Waals surface area contributed by atoms with E-state index in [0.29, 0.717) is 6.04 Å². The van der Waals surface area contributed by atoms with Crippen molar-refractivity contribution in [3.05, 3.63) is 29.8 Å². The fourth-order valence-electron chi connectivity index (χ4n) is 2.57. The maximum absolute atomic E-state index is 9.80. The highest BCUT2D eigenvalue weighted by molar-refractivity contribution is 5.55. The molecule has 0 aliphatic carbocycles. The van der Waals surface area contributed by atoms with Crippen molar-refractivity contribution in [2.75, 3.05) is 18.6 Å². The van der Waals surface area contributed by atoms with E-state index in [1.807, 2.05) is 18.2 Å². The molecule has 2 rings (SSSR count). The van der Waals surface area contributed by atoms with Crippen LogP contribution >= 0.6 is 0 Å². The molecule has 0 spiro atoms. The Balaban J connectivity index is 2.27. The molecule has 1 aromatic carbocycles. The summed E-state index contributed by atoms with van der Waals surface area (Å²) in [7, 11) is 2.08. The van der Waals surface area contributed by atoms with Gasteiger partial charge in [0.25, 0.3) is 0 Å². The molecular weight excluding hydrogens is 214 g/mol. The summed E-state index contributed by atoms with van der Waals surface area (Å²) >= 11 is 0. The molecule has 1 fully saturated rings. The van der Waals surface area contributed by atoms with Crippen molar-refractivity contribution in [1.29, 1.82) is 0 Å². The zero-order valence-electron chi connectivity index (χ0n) is 10.8. The molecule has 3 unspecified atom stereocenters. The Hall–Kier alpha value is -1.06. The second-order valence-electron chi connectivity index (χ2n) is 4.78. The molecule has 1 N–H and O–H groups in total. The minimum Gasteiger partial charge on any atom is -0.389 e. The quantitative estimate of drug-likeness (QED) is 0.873. The predicted molar refractivity (Wildman–Crippen MR) is 69.3 cm³/mol. The number of hydrogen-bond acceptors (Lipinski definition) is 3. The molecule has 1 heterocycles. The van der Waals surface area contributed by atoms with E-state index in [9.17, 15) is 5.11 Å². The predicted octanol–water partition coefficient (Wildman–Crippen LogP) is 2.35. The standard InChI is InChI=1S/C14H21NO2/c1-10(16)12-6-4-5-7-14(12)15(3)13-8-9-17-11(13)2/h4-7,10-11,13,16H,8-9H2,1-3H3.